The molecule has 1 aliphatic carbocycles. The fourth-order valence-electron chi connectivity index (χ4n) is 3.31. The lowest BCUT2D eigenvalue weighted by atomic mass is 9.82. The highest BCUT2D eigenvalue weighted by molar-refractivity contribution is 5.88. The van der Waals surface area contributed by atoms with Gasteiger partial charge in [0.1, 0.15) is 0 Å². The monoisotopic (exact) mass is 398 g/mol. The Labute approximate surface area is 165 Å². The maximum absolute atomic E-state index is 11.9. The van der Waals surface area contributed by atoms with E-state index >= 15 is 0 Å². The lowest BCUT2D eigenvalue weighted by Gasteiger charge is -2.22. The second kappa shape index (κ2) is 8.91. The molecule has 0 aliphatic heterocycles. The summed E-state index contributed by atoms with van der Waals surface area (Å²) in [6.07, 6.45) is 1.63. The molecule has 1 fully saturated rings. The van der Waals surface area contributed by atoms with Crippen molar-refractivity contribution in [2.75, 3.05) is 5.32 Å². The van der Waals surface area contributed by atoms with Crippen molar-refractivity contribution in [3.63, 3.8) is 0 Å². The normalized spacial score (nSPS) is 17.5. The van der Waals surface area contributed by atoms with Gasteiger partial charge in [-0.15, -0.1) is 0 Å². The van der Waals surface area contributed by atoms with E-state index in [0.29, 0.717) is 42.6 Å². The number of hydrogen-bond donors (Lipinski definition) is 1. The molecule has 3 rings (SSSR count). The van der Waals surface area contributed by atoms with E-state index in [1.807, 2.05) is 6.07 Å². The van der Waals surface area contributed by atoms with Crippen LogP contribution in [0.2, 0.25) is 0 Å². The fraction of sp³-hybridized carbons (Fsp3) is 0.263. The van der Waals surface area contributed by atoms with Gasteiger partial charge in [-0.05, 0) is 49.8 Å². The molecular formula is C19H18N4O6. The molecule has 1 aliphatic rings. The Morgan fingerprint density at radius 2 is 1.86 bits per heavy atom. The number of hydrogen-bond acceptors (Lipinski definition) is 7. The van der Waals surface area contributed by atoms with Gasteiger partial charge in [-0.25, -0.2) is 4.79 Å². The van der Waals surface area contributed by atoms with Crippen LogP contribution in [-0.4, -0.2) is 21.7 Å². The highest BCUT2D eigenvalue weighted by Gasteiger charge is 2.28. The van der Waals surface area contributed by atoms with E-state index in [4.69, 9.17) is 4.84 Å². The number of amides is 1. The standard InChI is InChI=1S/C19H18N4O6/c24-19(20-14-6-2-1-3-7-14)29-21-15-8-4-5-13(11-15)17-10-9-16(22(25)26)12-18(17)23(27)28/h1-3,6-7,9-10,12-13H,4-5,8,11H2,(H,20,24). The van der Waals surface area contributed by atoms with Gasteiger partial charge in [-0.3, -0.25) is 30.4 Å². The molecule has 0 saturated heterocycles. The van der Waals surface area contributed by atoms with E-state index in [1.54, 1.807) is 24.3 Å². The van der Waals surface area contributed by atoms with Crippen molar-refractivity contribution in [3.05, 3.63) is 74.3 Å². The molecule has 150 valence electrons. The van der Waals surface area contributed by atoms with Gasteiger partial charge in [0, 0.05) is 17.3 Å². The number of rotatable bonds is 5. The first-order valence-corrected chi connectivity index (χ1v) is 8.95. The molecule has 10 nitrogen and oxygen atoms in total. The van der Waals surface area contributed by atoms with E-state index in [1.165, 1.54) is 12.1 Å². The number of anilines is 1. The van der Waals surface area contributed by atoms with Crippen molar-refractivity contribution < 1.29 is 19.5 Å². The molecule has 0 bridgehead atoms. The van der Waals surface area contributed by atoms with Gasteiger partial charge in [0.25, 0.3) is 11.4 Å². The number of para-hydroxylation sites is 1. The Morgan fingerprint density at radius 1 is 1.10 bits per heavy atom. The van der Waals surface area contributed by atoms with Crippen molar-refractivity contribution in [2.24, 2.45) is 5.16 Å². The van der Waals surface area contributed by atoms with Crippen molar-refractivity contribution in [3.8, 4) is 0 Å². The van der Waals surface area contributed by atoms with Gasteiger partial charge in [0.05, 0.1) is 21.6 Å². The summed E-state index contributed by atoms with van der Waals surface area (Å²) < 4.78 is 0. The first-order chi connectivity index (χ1) is 13.9. The van der Waals surface area contributed by atoms with Gasteiger partial charge in [-0.1, -0.05) is 23.4 Å². The highest BCUT2D eigenvalue weighted by Crippen LogP contribution is 2.38. The predicted octanol–water partition coefficient (Wildman–Crippen LogP) is 4.77. The number of nitro groups is 2. The number of benzene rings is 2. The molecule has 1 N–H and O–H groups in total. The zero-order valence-electron chi connectivity index (χ0n) is 15.3. The van der Waals surface area contributed by atoms with E-state index < -0.39 is 15.9 Å². The van der Waals surface area contributed by atoms with Crippen LogP contribution in [0.15, 0.2) is 53.7 Å². The Morgan fingerprint density at radius 3 is 2.55 bits per heavy atom. The van der Waals surface area contributed by atoms with E-state index in [9.17, 15) is 25.0 Å². The Hall–Kier alpha value is -3.82. The Balaban J connectivity index is 1.70. The third kappa shape index (κ3) is 5.12. The molecule has 1 saturated carbocycles. The van der Waals surface area contributed by atoms with Crippen LogP contribution in [0, 0.1) is 20.2 Å². The average molecular weight is 398 g/mol. The van der Waals surface area contributed by atoms with Gasteiger partial charge >= 0.3 is 6.09 Å². The van der Waals surface area contributed by atoms with Crippen LogP contribution in [-0.2, 0) is 4.84 Å². The lowest BCUT2D eigenvalue weighted by Crippen LogP contribution is -2.17. The van der Waals surface area contributed by atoms with Crippen LogP contribution < -0.4 is 5.32 Å². The number of nitrogens with zero attached hydrogens (tertiary/aromatic N) is 3. The molecule has 0 radical (unpaired) electrons. The van der Waals surface area contributed by atoms with Gasteiger partial charge < -0.3 is 0 Å². The summed E-state index contributed by atoms with van der Waals surface area (Å²) in [5.41, 5.74) is 0.985. The van der Waals surface area contributed by atoms with Crippen LogP contribution >= 0.6 is 0 Å². The van der Waals surface area contributed by atoms with Crippen LogP contribution in [0.4, 0.5) is 21.9 Å². The molecule has 2 aromatic carbocycles. The molecule has 29 heavy (non-hydrogen) atoms. The molecule has 0 heterocycles. The number of oxime groups is 1. The maximum atomic E-state index is 11.9. The van der Waals surface area contributed by atoms with Gasteiger partial charge in [0.15, 0.2) is 0 Å². The van der Waals surface area contributed by atoms with Crippen molar-refractivity contribution in [1.29, 1.82) is 0 Å². The Bertz CT molecular complexity index is 960. The highest BCUT2D eigenvalue weighted by atomic mass is 16.7. The first-order valence-electron chi connectivity index (χ1n) is 8.95. The Kier molecular flexibility index (Phi) is 6.12. The van der Waals surface area contributed by atoms with Crippen LogP contribution in [0.25, 0.3) is 0 Å². The average Bonchev–Trinajstić information content (AvgIpc) is 2.72. The predicted molar refractivity (Wildman–Crippen MR) is 105 cm³/mol. The topological polar surface area (TPSA) is 137 Å². The maximum Gasteiger partial charge on any atom is 0.437 e. The summed E-state index contributed by atoms with van der Waals surface area (Å²) in [6, 6.07) is 12.4. The quantitative estimate of drug-likeness (QED) is 0.438. The van der Waals surface area contributed by atoms with E-state index in [0.717, 1.165) is 6.07 Å². The number of nitrogens with one attached hydrogen (secondary N) is 1. The van der Waals surface area contributed by atoms with Crippen LogP contribution in [0.3, 0.4) is 0 Å². The van der Waals surface area contributed by atoms with Crippen molar-refractivity contribution in [2.45, 2.75) is 31.6 Å². The van der Waals surface area contributed by atoms with Crippen molar-refractivity contribution in [1.82, 2.24) is 0 Å². The molecule has 1 atom stereocenters. The SMILES string of the molecule is O=C(Nc1ccccc1)ON=C1CCCC(c2ccc([N+](=O)[O-])cc2[N+](=O)[O-])C1. The first kappa shape index (κ1) is 19.9. The van der Waals surface area contributed by atoms with Gasteiger partial charge in [-0.2, -0.15) is 0 Å². The van der Waals surface area contributed by atoms with Crippen LogP contribution in [0.1, 0.15) is 37.2 Å². The number of carbonyl (C=O) groups excluding carboxylic acids is 1. The summed E-state index contributed by atoms with van der Waals surface area (Å²) in [6.45, 7) is 0. The fourth-order valence-corrected chi connectivity index (χ4v) is 3.31. The number of carbonyl (C=O) groups is 1. The molecular weight excluding hydrogens is 380 g/mol. The third-order valence-electron chi connectivity index (χ3n) is 4.64. The molecule has 2 aromatic rings. The minimum Gasteiger partial charge on any atom is -0.298 e. The summed E-state index contributed by atoms with van der Waals surface area (Å²) in [7, 11) is 0. The molecule has 1 amide bonds. The summed E-state index contributed by atoms with van der Waals surface area (Å²) in [5.74, 6) is -0.232. The molecule has 0 aromatic heterocycles. The minimum absolute atomic E-state index is 0.232. The zero-order chi connectivity index (χ0) is 20.8. The van der Waals surface area contributed by atoms with E-state index in [-0.39, 0.29) is 17.3 Å². The van der Waals surface area contributed by atoms with Gasteiger partial charge in [0.2, 0.25) is 0 Å². The largest absolute Gasteiger partial charge is 0.437 e. The molecule has 1 unspecified atom stereocenters. The third-order valence-corrected chi connectivity index (χ3v) is 4.64. The second-order valence-electron chi connectivity index (χ2n) is 6.58. The van der Waals surface area contributed by atoms with Crippen LogP contribution in [0.5, 0.6) is 0 Å². The smallest absolute Gasteiger partial charge is 0.298 e. The van der Waals surface area contributed by atoms with Crippen molar-refractivity contribution >= 4 is 28.9 Å². The zero-order valence-corrected chi connectivity index (χ0v) is 15.3. The second-order valence-corrected chi connectivity index (χ2v) is 6.58. The lowest BCUT2D eigenvalue weighted by molar-refractivity contribution is -0.394. The number of non-ortho nitro benzene ring substituents is 1. The molecule has 0 spiro atoms. The minimum atomic E-state index is -0.730. The van der Waals surface area contributed by atoms with E-state index in [2.05, 4.69) is 10.5 Å². The summed E-state index contributed by atoms with van der Waals surface area (Å²) in [5, 5.41) is 28.7. The summed E-state index contributed by atoms with van der Waals surface area (Å²) in [4.78, 5) is 37.8. The number of nitro benzene ring substituents is 2. The summed E-state index contributed by atoms with van der Waals surface area (Å²) >= 11 is 0. The molecule has 10 heteroatoms.